The van der Waals surface area contributed by atoms with Crippen molar-refractivity contribution in [2.45, 2.75) is 26.7 Å². The first kappa shape index (κ1) is 14.9. The highest BCUT2D eigenvalue weighted by Crippen LogP contribution is 1.97. The number of nitrogens with zero attached hydrogens (tertiary/aromatic N) is 1. The summed E-state index contributed by atoms with van der Waals surface area (Å²) in [4.78, 5) is 2.12. The zero-order chi connectivity index (χ0) is 11.7. The quantitative estimate of drug-likeness (QED) is 0.632. The lowest BCUT2D eigenvalue weighted by molar-refractivity contribution is 0.297. The first-order valence-electron chi connectivity index (χ1n) is 5.68. The van der Waals surface area contributed by atoms with Crippen molar-refractivity contribution in [1.82, 2.24) is 4.90 Å². The van der Waals surface area contributed by atoms with E-state index < -0.39 is 9.84 Å². The fraction of sp³-hybridized carbons (Fsp3) is 1.00. The predicted molar refractivity (Wildman–Crippen MR) is 64.7 cm³/mol. The van der Waals surface area contributed by atoms with Gasteiger partial charge in [-0.15, -0.1) is 0 Å². The molecule has 0 amide bonds. The maximum Gasteiger partial charge on any atom is 0.151 e. The fourth-order valence-corrected chi connectivity index (χ4v) is 2.88. The van der Waals surface area contributed by atoms with Crippen LogP contribution in [-0.4, -0.2) is 51.0 Å². The van der Waals surface area contributed by atoms with E-state index in [0.29, 0.717) is 25.3 Å². The Labute approximate surface area is 93.7 Å². The summed E-state index contributed by atoms with van der Waals surface area (Å²) in [5, 5.41) is 0. The minimum absolute atomic E-state index is 0.265. The zero-order valence-electron chi connectivity index (χ0n) is 9.91. The Kier molecular flexibility index (Phi) is 8.00. The van der Waals surface area contributed by atoms with Crippen LogP contribution in [0.5, 0.6) is 0 Å². The van der Waals surface area contributed by atoms with Gasteiger partial charge >= 0.3 is 0 Å². The van der Waals surface area contributed by atoms with Crippen molar-refractivity contribution in [1.29, 1.82) is 0 Å². The van der Waals surface area contributed by atoms with Crippen molar-refractivity contribution < 1.29 is 8.42 Å². The Morgan fingerprint density at radius 1 is 1.00 bits per heavy atom. The minimum atomic E-state index is -2.85. The molecular formula is C10H24N2O2S. The molecule has 0 fully saturated rings. The lowest BCUT2D eigenvalue weighted by Crippen LogP contribution is -2.34. The summed E-state index contributed by atoms with van der Waals surface area (Å²) in [5.41, 5.74) is 5.47. The largest absolute Gasteiger partial charge is 0.329 e. The van der Waals surface area contributed by atoms with Crippen molar-refractivity contribution >= 4 is 9.84 Å². The first-order valence-corrected chi connectivity index (χ1v) is 7.50. The van der Waals surface area contributed by atoms with Gasteiger partial charge < -0.3 is 10.6 Å². The zero-order valence-corrected chi connectivity index (χ0v) is 10.7. The van der Waals surface area contributed by atoms with Gasteiger partial charge in [0, 0.05) is 25.4 Å². The van der Waals surface area contributed by atoms with Gasteiger partial charge in [0.25, 0.3) is 0 Å². The van der Waals surface area contributed by atoms with E-state index in [4.69, 9.17) is 5.73 Å². The van der Waals surface area contributed by atoms with E-state index in [1.165, 1.54) is 0 Å². The van der Waals surface area contributed by atoms with Crippen molar-refractivity contribution in [2.75, 3.05) is 37.7 Å². The molecule has 0 atom stereocenters. The molecule has 0 radical (unpaired) electrons. The molecule has 0 heterocycles. The van der Waals surface area contributed by atoms with E-state index in [9.17, 15) is 8.42 Å². The number of sulfone groups is 1. The Balaban J connectivity index is 3.97. The third-order valence-corrected chi connectivity index (χ3v) is 4.05. The lowest BCUT2D eigenvalue weighted by Gasteiger charge is -2.20. The summed E-state index contributed by atoms with van der Waals surface area (Å²) < 4.78 is 23.0. The van der Waals surface area contributed by atoms with Gasteiger partial charge in [-0.25, -0.2) is 8.42 Å². The average molecular weight is 236 g/mol. The molecular weight excluding hydrogens is 212 g/mol. The highest BCUT2D eigenvalue weighted by Gasteiger charge is 2.11. The van der Waals surface area contributed by atoms with Crippen LogP contribution in [0.4, 0.5) is 0 Å². The molecule has 0 spiro atoms. The maximum atomic E-state index is 11.5. The van der Waals surface area contributed by atoms with Crippen molar-refractivity contribution in [2.24, 2.45) is 5.73 Å². The van der Waals surface area contributed by atoms with Crippen LogP contribution in [0.1, 0.15) is 26.7 Å². The summed E-state index contributed by atoms with van der Waals surface area (Å²) in [6.45, 7) is 6.90. The Hall–Kier alpha value is -0.130. The van der Waals surface area contributed by atoms with Gasteiger partial charge in [0.2, 0.25) is 0 Å². The molecule has 0 aliphatic heterocycles. The van der Waals surface area contributed by atoms with Crippen LogP contribution in [0.15, 0.2) is 0 Å². The molecule has 0 bridgehead atoms. The SMILES string of the molecule is CCCN(CCN)CCS(=O)(=O)CCC. The monoisotopic (exact) mass is 236 g/mol. The second-order valence-corrected chi connectivity index (χ2v) is 6.09. The van der Waals surface area contributed by atoms with Gasteiger partial charge in [-0.3, -0.25) is 0 Å². The van der Waals surface area contributed by atoms with Gasteiger partial charge in [-0.1, -0.05) is 13.8 Å². The molecule has 92 valence electrons. The minimum Gasteiger partial charge on any atom is -0.329 e. The van der Waals surface area contributed by atoms with Gasteiger partial charge in [0.15, 0.2) is 9.84 Å². The van der Waals surface area contributed by atoms with Crippen LogP contribution in [0.3, 0.4) is 0 Å². The van der Waals surface area contributed by atoms with Crippen LogP contribution in [0.2, 0.25) is 0 Å². The highest BCUT2D eigenvalue weighted by molar-refractivity contribution is 7.91. The molecule has 15 heavy (non-hydrogen) atoms. The van der Waals surface area contributed by atoms with Crippen molar-refractivity contribution in [3.05, 3.63) is 0 Å². The fourth-order valence-electron chi connectivity index (χ4n) is 1.52. The molecule has 0 aromatic rings. The molecule has 0 saturated heterocycles. The lowest BCUT2D eigenvalue weighted by atomic mass is 10.4. The van der Waals surface area contributed by atoms with E-state index in [0.717, 1.165) is 19.5 Å². The second-order valence-electron chi connectivity index (χ2n) is 3.78. The van der Waals surface area contributed by atoms with Gasteiger partial charge in [-0.2, -0.15) is 0 Å². The van der Waals surface area contributed by atoms with Gasteiger partial charge in [0.05, 0.1) is 5.75 Å². The molecule has 5 heteroatoms. The summed E-state index contributed by atoms with van der Waals surface area (Å²) >= 11 is 0. The predicted octanol–water partition coefficient (Wildman–Crippen LogP) is 0.482. The van der Waals surface area contributed by atoms with Gasteiger partial charge in [-0.05, 0) is 19.4 Å². The standard InChI is InChI=1S/C10H24N2O2S/c1-3-6-12(7-5-11)8-10-15(13,14)9-4-2/h3-11H2,1-2H3. The summed E-state index contributed by atoms with van der Waals surface area (Å²) in [6, 6.07) is 0. The number of hydrogen-bond acceptors (Lipinski definition) is 4. The van der Waals surface area contributed by atoms with E-state index in [-0.39, 0.29) is 5.75 Å². The molecule has 0 aliphatic rings. The molecule has 2 N–H and O–H groups in total. The van der Waals surface area contributed by atoms with Crippen LogP contribution in [0.25, 0.3) is 0 Å². The maximum absolute atomic E-state index is 11.5. The topological polar surface area (TPSA) is 63.4 Å². The van der Waals surface area contributed by atoms with Crippen molar-refractivity contribution in [3.8, 4) is 0 Å². The summed E-state index contributed by atoms with van der Waals surface area (Å²) in [6.07, 6.45) is 1.74. The van der Waals surface area contributed by atoms with E-state index in [2.05, 4.69) is 11.8 Å². The third kappa shape index (κ3) is 7.76. The van der Waals surface area contributed by atoms with E-state index >= 15 is 0 Å². The van der Waals surface area contributed by atoms with Gasteiger partial charge in [0.1, 0.15) is 0 Å². The molecule has 0 aliphatic carbocycles. The normalized spacial score (nSPS) is 12.3. The summed E-state index contributed by atoms with van der Waals surface area (Å²) in [5.74, 6) is 0.566. The Bertz CT molecular complexity index is 234. The first-order chi connectivity index (χ1) is 7.05. The Morgan fingerprint density at radius 3 is 2.13 bits per heavy atom. The highest BCUT2D eigenvalue weighted by atomic mass is 32.2. The Morgan fingerprint density at radius 2 is 1.67 bits per heavy atom. The van der Waals surface area contributed by atoms with Crippen LogP contribution >= 0.6 is 0 Å². The van der Waals surface area contributed by atoms with Crippen LogP contribution in [-0.2, 0) is 9.84 Å². The molecule has 0 saturated carbocycles. The number of rotatable bonds is 9. The molecule has 4 nitrogen and oxygen atoms in total. The molecule has 0 rings (SSSR count). The van der Waals surface area contributed by atoms with Crippen LogP contribution in [0, 0.1) is 0 Å². The van der Waals surface area contributed by atoms with E-state index in [1.54, 1.807) is 0 Å². The average Bonchev–Trinajstić information content (AvgIpc) is 2.15. The second kappa shape index (κ2) is 8.07. The number of hydrogen-bond donors (Lipinski definition) is 1. The summed E-state index contributed by atoms with van der Waals surface area (Å²) in [7, 11) is -2.85. The number of nitrogens with two attached hydrogens (primary N) is 1. The smallest absolute Gasteiger partial charge is 0.151 e. The third-order valence-electron chi connectivity index (χ3n) is 2.22. The van der Waals surface area contributed by atoms with Crippen LogP contribution < -0.4 is 5.73 Å². The van der Waals surface area contributed by atoms with Crippen molar-refractivity contribution in [3.63, 3.8) is 0 Å². The molecule has 0 unspecified atom stereocenters. The van der Waals surface area contributed by atoms with E-state index in [1.807, 2.05) is 6.92 Å². The molecule has 0 aromatic heterocycles. The molecule has 0 aromatic carbocycles.